The number of hydrogen-bond donors (Lipinski definition) is 1. The Balaban J connectivity index is 1.61. The van der Waals surface area contributed by atoms with Gasteiger partial charge in [0.25, 0.3) is 0 Å². The summed E-state index contributed by atoms with van der Waals surface area (Å²) in [6, 6.07) is 4.27. The van der Waals surface area contributed by atoms with Crippen LogP contribution >= 0.6 is 0 Å². The molecule has 3 rings (SSSR count). The summed E-state index contributed by atoms with van der Waals surface area (Å²) in [4.78, 5) is 15.6. The predicted octanol–water partition coefficient (Wildman–Crippen LogP) is 1.69. The Hall–Kier alpha value is -2.28. The monoisotopic (exact) mass is 317 g/mol. The summed E-state index contributed by atoms with van der Waals surface area (Å²) in [5.41, 5.74) is 2.39. The quantitative estimate of drug-likeness (QED) is 0.911. The van der Waals surface area contributed by atoms with E-state index in [0.29, 0.717) is 6.54 Å². The number of carbonyl (C=O) groups excluding carboxylic acids is 1. The molecule has 1 N–H and O–H groups in total. The molecular formula is C16H23N5O2. The molecule has 1 aliphatic rings. The molecule has 2 amide bonds. The van der Waals surface area contributed by atoms with Gasteiger partial charge in [0.2, 0.25) is 0 Å². The van der Waals surface area contributed by atoms with Crippen molar-refractivity contribution in [2.75, 3.05) is 27.2 Å². The highest BCUT2D eigenvalue weighted by molar-refractivity contribution is 5.73. The third-order valence-electron chi connectivity index (χ3n) is 4.10. The number of carbonyl (C=O) groups is 1. The number of nitrogens with one attached hydrogen (secondary N) is 1. The van der Waals surface area contributed by atoms with Gasteiger partial charge in [-0.2, -0.15) is 5.10 Å². The van der Waals surface area contributed by atoms with Crippen LogP contribution in [-0.4, -0.2) is 52.8 Å². The van der Waals surface area contributed by atoms with Crippen molar-refractivity contribution in [2.24, 2.45) is 0 Å². The van der Waals surface area contributed by atoms with Gasteiger partial charge < -0.3 is 14.6 Å². The van der Waals surface area contributed by atoms with Crippen molar-refractivity contribution in [3.63, 3.8) is 0 Å². The number of furan rings is 1. The first-order valence-electron chi connectivity index (χ1n) is 7.84. The fourth-order valence-corrected chi connectivity index (χ4v) is 2.94. The maximum Gasteiger partial charge on any atom is 0.316 e. The van der Waals surface area contributed by atoms with E-state index >= 15 is 0 Å². The Bertz CT molecular complexity index is 635. The molecule has 2 aromatic heterocycles. The SMILES string of the molecule is CN(C)C(=O)NCC[C@@H]1CN(Cc2ccoc2)Cc2ccnn21. The lowest BCUT2D eigenvalue weighted by atomic mass is 10.1. The Kier molecular flexibility index (Phi) is 4.66. The van der Waals surface area contributed by atoms with Gasteiger partial charge >= 0.3 is 6.03 Å². The Morgan fingerprint density at radius 2 is 2.35 bits per heavy atom. The summed E-state index contributed by atoms with van der Waals surface area (Å²) in [6.45, 7) is 3.30. The van der Waals surface area contributed by atoms with Gasteiger partial charge in [-0.25, -0.2) is 4.79 Å². The van der Waals surface area contributed by atoms with Crippen LogP contribution in [0.5, 0.6) is 0 Å². The second kappa shape index (κ2) is 6.87. The summed E-state index contributed by atoms with van der Waals surface area (Å²) >= 11 is 0. The smallest absolute Gasteiger partial charge is 0.316 e. The van der Waals surface area contributed by atoms with Crippen molar-refractivity contribution in [3.05, 3.63) is 42.1 Å². The number of nitrogens with zero attached hydrogens (tertiary/aromatic N) is 4. The molecule has 1 atom stereocenters. The largest absolute Gasteiger partial charge is 0.472 e. The van der Waals surface area contributed by atoms with Crippen LogP contribution in [0.2, 0.25) is 0 Å². The molecule has 0 radical (unpaired) electrons. The molecule has 7 heteroatoms. The maximum atomic E-state index is 11.6. The Labute approximate surface area is 135 Å². The van der Waals surface area contributed by atoms with E-state index in [2.05, 4.69) is 26.1 Å². The van der Waals surface area contributed by atoms with Gasteiger partial charge in [0.15, 0.2) is 0 Å². The second-order valence-electron chi connectivity index (χ2n) is 6.14. The van der Waals surface area contributed by atoms with E-state index < -0.39 is 0 Å². The van der Waals surface area contributed by atoms with Gasteiger partial charge in [-0.05, 0) is 18.6 Å². The lowest BCUT2D eigenvalue weighted by Crippen LogP contribution is -2.40. The number of urea groups is 1. The number of aromatic nitrogens is 2. The molecule has 0 saturated carbocycles. The fourth-order valence-electron chi connectivity index (χ4n) is 2.94. The topological polar surface area (TPSA) is 66.5 Å². The zero-order valence-corrected chi connectivity index (χ0v) is 13.6. The lowest BCUT2D eigenvalue weighted by molar-refractivity contribution is 0.160. The minimum Gasteiger partial charge on any atom is -0.472 e. The molecule has 0 aromatic carbocycles. The number of amides is 2. The van der Waals surface area contributed by atoms with E-state index in [4.69, 9.17) is 4.42 Å². The van der Waals surface area contributed by atoms with Crippen molar-refractivity contribution < 1.29 is 9.21 Å². The first-order chi connectivity index (χ1) is 11.1. The predicted molar refractivity (Wildman–Crippen MR) is 85.8 cm³/mol. The molecule has 23 heavy (non-hydrogen) atoms. The standard InChI is InChI=1S/C16H23N5O2/c1-19(2)16(22)17-6-3-14-10-20(9-13-5-8-23-12-13)11-15-4-7-18-21(14)15/h4-5,7-8,12,14H,3,6,9-11H2,1-2H3,(H,17,22)/t14-/m1/s1. The zero-order valence-electron chi connectivity index (χ0n) is 13.6. The molecule has 0 spiro atoms. The van der Waals surface area contributed by atoms with Crippen LogP contribution in [0.3, 0.4) is 0 Å². The van der Waals surface area contributed by atoms with Crippen LogP contribution in [0.25, 0.3) is 0 Å². The number of rotatable bonds is 5. The minimum absolute atomic E-state index is 0.0586. The van der Waals surface area contributed by atoms with Gasteiger partial charge in [0.1, 0.15) is 0 Å². The molecule has 1 aliphatic heterocycles. The Morgan fingerprint density at radius 3 is 3.09 bits per heavy atom. The molecular weight excluding hydrogens is 294 g/mol. The van der Waals surface area contributed by atoms with Gasteiger partial charge in [0.05, 0.1) is 24.3 Å². The zero-order chi connectivity index (χ0) is 16.2. The molecule has 7 nitrogen and oxygen atoms in total. The first kappa shape index (κ1) is 15.6. The van der Waals surface area contributed by atoms with Gasteiger partial charge in [0, 0.05) is 52.0 Å². The van der Waals surface area contributed by atoms with E-state index in [-0.39, 0.29) is 12.1 Å². The van der Waals surface area contributed by atoms with E-state index in [1.807, 2.05) is 12.3 Å². The average molecular weight is 317 g/mol. The van der Waals surface area contributed by atoms with Crippen molar-refractivity contribution in [1.29, 1.82) is 0 Å². The van der Waals surface area contributed by atoms with Crippen molar-refractivity contribution in [2.45, 2.75) is 25.6 Å². The second-order valence-corrected chi connectivity index (χ2v) is 6.14. The number of fused-ring (bicyclic) bond motifs is 1. The summed E-state index contributed by atoms with van der Waals surface area (Å²) in [6.07, 6.45) is 6.20. The highest BCUT2D eigenvalue weighted by Crippen LogP contribution is 2.24. The van der Waals surface area contributed by atoms with E-state index in [1.165, 1.54) is 11.3 Å². The van der Waals surface area contributed by atoms with Crippen LogP contribution in [0.4, 0.5) is 4.79 Å². The Morgan fingerprint density at radius 1 is 1.48 bits per heavy atom. The van der Waals surface area contributed by atoms with Gasteiger partial charge in [-0.3, -0.25) is 9.58 Å². The van der Waals surface area contributed by atoms with Gasteiger partial charge in [-0.15, -0.1) is 0 Å². The third kappa shape index (κ3) is 3.73. The summed E-state index contributed by atoms with van der Waals surface area (Å²) in [5.74, 6) is 0. The first-order valence-corrected chi connectivity index (χ1v) is 7.84. The summed E-state index contributed by atoms with van der Waals surface area (Å²) < 4.78 is 7.25. The third-order valence-corrected chi connectivity index (χ3v) is 4.10. The molecule has 0 fully saturated rings. The molecule has 0 aliphatic carbocycles. The van der Waals surface area contributed by atoms with E-state index in [9.17, 15) is 4.79 Å². The van der Waals surface area contributed by atoms with Crippen molar-refractivity contribution >= 4 is 6.03 Å². The molecule has 0 bridgehead atoms. The highest BCUT2D eigenvalue weighted by Gasteiger charge is 2.25. The molecule has 0 unspecified atom stereocenters. The van der Waals surface area contributed by atoms with Gasteiger partial charge in [-0.1, -0.05) is 0 Å². The molecule has 0 saturated heterocycles. The van der Waals surface area contributed by atoms with Crippen LogP contribution in [0.15, 0.2) is 35.3 Å². The van der Waals surface area contributed by atoms with Crippen LogP contribution < -0.4 is 5.32 Å². The fraction of sp³-hybridized carbons (Fsp3) is 0.500. The summed E-state index contributed by atoms with van der Waals surface area (Å²) in [7, 11) is 3.49. The maximum absolute atomic E-state index is 11.6. The number of hydrogen-bond acceptors (Lipinski definition) is 4. The molecule has 124 valence electrons. The van der Waals surface area contributed by atoms with Crippen molar-refractivity contribution in [1.82, 2.24) is 24.9 Å². The lowest BCUT2D eigenvalue weighted by Gasteiger charge is -2.33. The van der Waals surface area contributed by atoms with Crippen molar-refractivity contribution in [3.8, 4) is 0 Å². The average Bonchev–Trinajstić information content (AvgIpc) is 3.18. The highest BCUT2D eigenvalue weighted by atomic mass is 16.3. The summed E-state index contributed by atoms with van der Waals surface area (Å²) in [5, 5.41) is 7.38. The van der Waals surface area contributed by atoms with E-state index in [1.54, 1.807) is 31.5 Å². The van der Waals surface area contributed by atoms with Crippen LogP contribution in [0, 0.1) is 0 Å². The minimum atomic E-state index is -0.0586. The van der Waals surface area contributed by atoms with E-state index in [0.717, 1.165) is 26.1 Å². The van der Waals surface area contributed by atoms with Crippen LogP contribution in [0.1, 0.15) is 23.7 Å². The van der Waals surface area contributed by atoms with Crippen LogP contribution in [-0.2, 0) is 13.1 Å². The normalized spacial score (nSPS) is 17.7. The molecule has 3 heterocycles. The molecule has 2 aromatic rings.